The van der Waals surface area contributed by atoms with Crippen LogP contribution in [0.4, 0.5) is 17.1 Å². The number of nitrogens with zero attached hydrogens (tertiary/aromatic N) is 1. The summed E-state index contributed by atoms with van der Waals surface area (Å²) in [5.41, 5.74) is 16.2. The van der Waals surface area contributed by atoms with Gasteiger partial charge in [-0.25, -0.2) is 0 Å². The average molecular weight is 666 g/mol. The number of anilines is 3. The van der Waals surface area contributed by atoms with Gasteiger partial charge in [0.1, 0.15) is 0 Å². The quantitative estimate of drug-likeness (QED) is 0.181. The van der Waals surface area contributed by atoms with Gasteiger partial charge in [0.05, 0.1) is 5.41 Å². The molecule has 51 heavy (non-hydrogen) atoms. The molecule has 0 N–H and O–H groups in total. The molecule has 0 amide bonds. The lowest BCUT2D eigenvalue weighted by atomic mass is 9.70. The van der Waals surface area contributed by atoms with Gasteiger partial charge in [-0.3, -0.25) is 0 Å². The van der Waals surface area contributed by atoms with Crippen LogP contribution < -0.4 is 4.90 Å². The van der Waals surface area contributed by atoms with Crippen molar-refractivity contribution in [3.8, 4) is 33.4 Å². The minimum atomic E-state index is -0.393. The van der Waals surface area contributed by atoms with Crippen LogP contribution in [0.2, 0.25) is 0 Å². The van der Waals surface area contributed by atoms with Gasteiger partial charge in [-0.05, 0) is 98.1 Å². The summed E-state index contributed by atoms with van der Waals surface area (Å²) in [6.07, 6.45) is 0. The molecule has 0 unspecified atom stereocenters. The predicted octanol–water partition coefficient (Wildman–Crippen LogP) is 13.5. The van der Waals surface area contributed by atoms with Gasteiger partial charge in [0.2, 0.25) is 0 Å². The van der Waals surface area contributed by atoms with Crippen molar-refractivity contribution < 1.29 is 0 Å². The first-order valence-electron chi connectivity index (χ1n) is 17.6. The van der Waals surface area contributed by atoms with Crippen molar-refractivity contribution in [1.29, 1.82) is 0 Å². The number of benzene rings is 8. The lowest BCUT2D eigenvalue weighted by molar-refractivity contribution is 0.793. The number of thiophene rings is 1. The molecule has 2 heteroatoms. The summed E-state index contributed by atoms with van der Waals surface area (Å²) >= 11 is 1.88. The van der Waals surface area contributed by atoms with E-state index in [0.29, 0.717) is 0 Å². The Morgan fingerprint density at radius 2 is 0.882 bits per heavy atom. The monoisotopic (exact) mass is 665 g/mol. The fourth-order valence-electron chi connectivity index (χ4n) is 9.03. The van der Waals surface area contributed by atoms with Gasteiger partial charge in [-0.2, -0.15) is 0 Å². The van der Waals surface area contributed by atoms with E-state index in [4.69, 9.17) is 0 Å². The van der Waals surface area contributed by atoms with E-state index < -0.39 is 5.41 Å². The number of hydrogen-bond donors (Lipinski definition) is 0. The third-order valence-corrected chi connectivity index (χ3v) is 12.3. The Labute approximate surface area is 301 Å². The molecule has 2 aliphatic rings. The topological polar surface area (TPSA) is 3.24 Å². The van der Waals surface area contributed by atoms with Crippen LogP contribution in [-0.2, 0) is 5.41 Å². The van der Waals surface area contributed by atoms with E-state index in [-0.39, 0.29) is 0 Å². The third kappa shape index (κ3) is 3.97. The normalized spacial score (nSPS) is 13.3. The number of fused-ring (bicyclic) bond motifs is 13. The zero-order valence-corrected chi connectivity index (χ0v) is 28.6. The molecule has 1 heterocycles. The Morgan fingerprint density at radius 3 is 1.61 bits per heavy atom. The highest BCUT2D eigenvalue weighted by molar-refractivity contribution is 7.26. The fraction of sp³-hybridized carbons (Fsp3) is 0.0204. The van der Waals surface area contributed by atoms with Gasteiger partial charge in [0.15, 0.2) is 0 Å². The Hall–Kier alpha value is -6.22. The molecule has 1 nitrogen and oxygen atoms in total. The molecule has 11 rings (SSSR count). The van der Waals surface area contributed by atoms with Crippen LogP contribution in [0.15, 0.2) is 188 Å². The van der Waals surface area contributed by atoms with Crippen molar-refractivity contribution >= 4 is 48.6 Å². The van der Waals surface area contributed by atoms with Crippen molar-refractivity contribution in [3.05, 3.63) is 210 Å². The summed E-state index contributed by atoms with van der Waals surface area (Å²) in [5, 5.41) is 2.64. The van der Waals surface area contributed by atoms with Crippen LogP contribution in [0.3, 0.4) is 0 Å². The Morgan fingerprint density at radius 1 is 0.353 bits per heavy atom. The van der Waals surface area contributed by atoms with E-state index in [9.17, 15) is 0 Å². The molecule has 0 saturated heterocycles. The maximum Gasteiger partial charge on any atom is 0.0726 e. The van der Waals surface area contributed by atoms with Crippen LogP contribution in [0.5, 0.6) is 0 Å². The van der Waals surface area contributed by atoms with Crippen molar-refractivity contribution in [2.75, 3.05) is 4.90 Å². The van der Waals surface area contributed by atoms with E-state index >= 15 is 0 Å². The average Bonchev–Trinajstić information content (AvgIpc) is 3.83. The Kier molecular flexibility index (Phi) is 6.11. The van der Waals surface area contributed by atoms with E-state index in [0.717, 1.165) is 17.1 Å². The van der Waals surface area contributed by atoms with Crippen LogP contribution in [0.1, 0.15) is 22.3 Å². The van der Waals surface area contributed by atoms with Gasteiger partial charge >= 0.3 is 0 Å². The molecule has 0 bridgehead atoms. The molecule has 0 radical (unpaired) electrons. The second kappa shape index (κ2) is 10.9. The molecule has 238 valence electrons. The highest BCUT2D eigenvalue weighted by atomic mass is 32.1. The van der Waals surface area contributed by atoms with E-state index in [1.807, 2.05) is 11.3 Å². The maximum absolute atomic E-state index is 2.47. The molecule has 9 aromatic rings. The lowest BCUT2D eigenvalue weighted by Gasteiger charge is -2.32. The first kappa shape index (κ1) is 28.6. The zero-order valence-electron chi connectivity index (χ0n) is 27.8. The van der Waals surface area contributed by atoms with E-state index in [1.54, 1.807) is 0 Å². The lowest BCUT2D eigenvalue weighted by Crippen LogP contribution is -2.26. The maximum atomic E-state index is 2.47. The van der Waals surface area contributed by atoms with E-state index in [2.05, 4.69) is 193 Å². The molecular formula is C49H31NS. The molecule has 1 spiro atoms. The summed E-state index contributed by atoms with van der Waals surface area (Å²) in [6.45, 7) is 0. The summed E-state index contributed by atoms with van der Waals surface area (Å²) < 4.78 is 2.66. The Balaban J connectivity index is 1.14. The van der Waals surface area contributed by atoms with Crippen molar-refractivity contribution in [2.24, 2.45) is 0 Å². The molecule has 1 aromatic heterocycles. The second-order valence-corrected chi connectivity index (χ2v) is 14.7. The van der Waals surface area contributed by atoms with Gasteiger partial charge in [-0.15, -0.1) is 11.3 Å². The van der Waals surface area contributed by atoms with Gasteiger partial charge in [-0.1, -0.05) is 146 Å². The summed E-state index contributed by atoms with van der Waals surface area (Å²) in [6, 6.07) is 69.6. The van der Waals surface area contributed by atoms with Gasteiger partial charge in [0.25, 0.3) is 0 Å². The van der Waals surface area contributed by atoms with Crippen molar-refractivity contribution in [3.63, 3.8) is 0 Å². The van der Waals surface area contributed by atoms with Crippen molar-refractivity contribution in [2.45, 2.75) is 5.41 Å². The van der Waals surface area contributed by atoms with Crippen LogP contribution >= 0.6 is 11.3 Å². The minimum Gasteiger partial charge on any atom is -0.310 e. The summed E-state index contributed by atoms with van der Waals surface area (Å²) in [4.78, 5) is 2.43. The van der Waals surface area contributed by atoms with Crippen LogP contribution in [-0.4, -0.2) is 0 Å². The van der Waals surface area contributed by atoms with Crippen LogP contribution in [0.25, 0.3) is 53.6 Å². The van der Waals surface area contributed by atoms with Crippen molar-refractivity contribution in [1.82, 2.24) is 0 Å². The first-order valence-corrected chi connectivity index (χ1v) is 18.4. The fourth-order valence-corrected chi connectivity index (χ4v) is 10.3. The third-order valence-electron chi connectivity index (χ3n) is 11.1. The molecule has 0 saturated carbocycles. The SMILES string of the molecule is c1ccc(N(c2cccc(-c3cccc4c3sc3ccccc34)c2)c2ccc3c(c2)C2(c4ccccc4-c4ccccc42)c2ccccc2-3)cc1. The summed E-state index contributed by atoms with van der Waals surface area (Å²) in [5.74, 6) is 0. The number of rotatable bonds is 4. The van der Waals surface area contributed by atoms with Crippen LogP contribution in [0, 0.1) is 0 Å². The zero-order chi connectivity index (χ0) is 33.5. The first-order chi connectivity index (χ1) is 25.3. The Bertz CT molecular complexity index is 2760. The highest BCUT2D eigenvalue weighted by Gasteiger charge is 2.51. The number of para-hydroxylation sites is 1. The number of hydrogen-bond acceptors (Lipinski definition) is 2. The highest BCUT2D eigenvalue weighted by Crippen LogP contribution is 2.63. The molecular weight excluding hydrogens is 635 g/mol. The molecule has 2 aliphatic carbocycles. The van der Waals surface area contributed by atoms with Gasteiger partial charge in [0, 0.05) is 37.2 Å². The largest absolute Gasteiger partial charge is 0.310 e. The summed E-state index contributed by atoms with van der Waals surface area (Å²) in [7, 11) is 0. The molecule has 0 atom stereocenters. The minimum absolute atomic E-state index is 0.393. The molecule has 0 aliphatic heterocycles. The molecule has 8 aromatic carbocycles. The predicted molar refractivity (Wildman–Crippen MR) is 216 cm³/mol. The second-order valence-electron chi connectivity index (χ2n) is 13.6. The standard InChI is InChI=1S/C49H31NS/c1-2-15-33(16-3-1)50(34-17-12-14-32(30-34)36-22-13-23-42-41-21-7-11-27-47(41)51-48(36)42)35-28-29-40-39-20-6-10-26-45(39)49(46(40)31-35)43-24-8-4-18-37(43)38-19-5-9-25-44(38)49/h1-31H. The smallest absolute Gasteiger partial charge is 0.0726 e. The van der Waals surface area contributed by atoms with E-state index in [1.165, 1.54) is 75.8 Å². The van der Waals surface area contributed by atoms with Gasteiger partial charge < -0.3 is 4.90 Å². The molecule has 0 fully saturated rings.